The lowest BCUT2D eigenvalue weighted by atomic mass is 10.1. The number of rotatable bonds is 4. The van der Waals surface area contributed by atoms with Crippen LogP contribution in [0.15, 0.2) is 57.9 Å². The molecule has 0 aliphatic carbocycles. The van der Waals surface area contributed by atoms with Crippen molar-refractivity contribution in [2.24, 2.45) is 5.73 Å². The zero-order chi connectivity index (χ0) is 13.0. The van der Waals surface area contributed by atoms with Gasteiger partial charge in [0, 0.05) is 22.3 Å². The average molecular weight is 326 g/mol. The van der Waals surface area contributed by atoms with Crippen LogP contribution in [0.1, 0.15) is 11.6 Å². The molecule has 0 heterocycles. The maximum atomic E-state index is 13.8. The Kier molecular flexibility index (Phi) is 4.80. The molecule has 18 heavy (non-hydrogen) atoms. The molecule has 1 unspecified atom stereocenters. The van der Waals surface area contributed by atoms with E-state index in [1.165, 1.54) is 0 Å². The molecule has 0 fully saturated rings. The van der Waals surface area contributed by atoms with Crippen molar-refractivity contribution >= 4 is 27.7 Å². The van der Waals surface area contributed by atoms with Crippen LogP contribution >= 0.6 is 27.7 Å². The van der Waals surface area contributed by atoms with Crippen LogP contribution in [0.25, 0.3) is 0 Å². The molecule has 0 spiro atoms. The summed E-state index contributed by atoms with van der Waals surface area (Å²) in [5.41, 5.74) is 6.58. The van der Waals surface area contributed by atoms with E-state index in [2.05, 4.69) is 15.9 Å². The van der Waals surface area contributed by atoms with Crippen LogP contribution in [0.3, 0.4) is 0 Å². The standard InChI is InChI=1S/C14H13BrFNS/c15-12-8-4-7-11(14(12)16)13(17)9-18-10-5-2-1-3-6-10/h1-8,13H,9,17H2. The molecule has 0 aliphatic heterocycles. The number of halogens is 2. The monoisotopic (exact) mass is 325 g/mol. The van der Waals surface area contributed by atoms with E-state index in [4.69, 9.17) is 5.73 Å². The van der Waals surface area contributed by atoms with Crippen LogP contribution in [-0.2, 0) is 0 Å². The fourth-order valence-electron chi connectivity index (χ4n) is 1.60. The third-order valence-corrected chi connectivity index (χ3v) is 4.30. The van der Waals surface area contributed by atoms with Gasteiger partial charge in [-0.1, -0.05) is 30.3 Å². The summed E-state index contributed by atoms with van der Waals surface area (Å²) < 4.78 is 14.3. The minimum absolute atomic E-state index is 0.265. The van der Waals surface area contributed by atoms with Gasteiger partial charge in [0.15, 0.2) is 0 Å². The van der Waals surface area contributed by atoms with Crippen LogP contribution in [-0.4, -0.2) is 5.75 Å². The Morgan fingerprint density at radius 3 is 2.56 bits per heavy atom. The molecule has 2 aromatic rings. The smallest absolute Gasteiger partial charge is 0.142 e. The molecule has 1 atom stereocenters. The number of benzene rings is 2. The molecule has 1 nitrogen and oxygen atoms in total. The second-order valence-electron chi connectivity index (χ2n) is 3.87. The lowest BCUT2D eigenvalue weighted by Gasteiger charge is -2.13. The normalized spacial score (nSPS) is 12.4. The van der Waals surface area contributed by atoms with E-state index in [1.807, 2.05) is 30.3 Å². The molecule has 4 heteroatoms. The van der Waals surface area contributed by atoms with Crippen LogP contribution in [0, 0.1) is 5.82 Å². The molecular weight excluding hydrogens is 313 g/mol. The van der Waals surface area contributed by atoms with Crippen molar-refractivity contribution in [2.45, 2.75) is 10.9 Å². The Morgan fingerprint density at radius 1 is 1.11 bits per heavy atom. The Balaban J connectivity index is 2.04. The fourth-order valence-corrected chi connectivity index (χ4v) is 2.88. The van der Waals surface area contributed by atoms with Gasteiger partial charge in [-0.25, -0.2) is 4.39 Å². The summed E-state index contributed by atoms with van der Waals surface area (Å²) >= 11 is 4.80. The van der Waals surface area contributed by atoms with Gasteiger partial charge in [-0.05, 0) is 34.1 Å². The Bertz CT molecular complexity index is 518. The minimum atomic E-state index is -0.312. The molecule has 2 aromatic carbocycles. The summed E-state index contributed by atoms with van der Waals surface area (Å²) in [6, 6.07) is 14.9. The highest BCUT2D eigenvalue weighted by atomic mass is 79.9. The Hall–Kier alpha value is -0.840. The first-order valence-corrected chi connectivity index (χ1v) is 7.33. The third kappa shape index (κ3) is 3.34. The number of hydrogen-bond acceptors (Lipinski definition) is 2. The molecule has 0 bridgehead atoms. The molecule has 0 aliphatic rings. The molecular formula is C14H13BrFNS. The first-order chi connectivity index (χ1) is 8.68. The minimum Gasteiger partial charge on any atom is -0.323 e. The summed E-state index contributed by atoms with van der Waals surface area (Å²) in [4.78, 5) is 1.14. The summed E-state index contributed by atoms with van der Waals surface area (Å²) in [5, 5.41) is 0. The largest absolute Gasteiger partial charge is 0.323 e. The average Bonchev–Trinajstić information content (AvgIpc) is 2.40. The first kappa shape index (κ1) is 13.6. The lowest BCUT2D eigenvalue weighted by Crippen LogP contribution is -2.14. The second kappa shape index (κ2) is 6.36. The summed E-state index contributed by atoms with van der Waals surface area (Å²) in [6.07, 6.45) is 0. The van der Waals surface area contributed by atoms with Crippen LogP contribution in [0.4, 0.5) is 4.39 Å². The van der Waals surface area contributed by atoms with Crippen molar-refractivity contribution in [1.82, 2.24) is 0 Å². The number of nitrogens with two attached hydrogens (primary N) is 1. The molecule has 0 saturated heterocycles. The molecule has 0 aromatic heterocycles. The zero-order valence-corrected chi connectivity index (χ0v) is 12.0. The van der Waals surface area contributed by atoms with E-state index >= 15 is 0 Å². The topological polar surface area (TPSA) is 26.0 Å². The van der Waals surface area contributed by atoms with E-state index in [9.17, 15) is 4.39 Å². The van der Waals surface area contributed by atoms with E-state index in [0.29, 0.717) is 15.8 Å². The van der Waals surface area contributed by atoms with Gasteiger partial charge < -0.3 is 5.73 Å². The fraction of sp³-hybridized carbons (Fsp3) is 0.143. The summed E-state index contributed by atoms with van der Waals surface area (Å²) in [6.45, 7) is 0. The van der Waals surface area contributed by atoms with Crippen LogP contribution in [0.5, 0.6) is 0 Å². The molecule has 0 radical (unpaired) electrons. The van der Waals surface area contributed by atoms with Gasteiger partial charge in [0.05, 0.1) is 4.47 Å². The van der Waals surface area contributed by atoms with Crippen molar-refractivity contribution in [3.8, 4) is 0 Å². The van der Waals surface area contributed by atoms with Gasteiger partial charge in [0.2, 0.25) is 0 Å². The van der Waals surface area contributed by atoms with Gasteiger partial charge in [0.1, 0.15) is 5.82 Å². The molecule has 0 amide bonds. The van der Waals surface area contributed by atoms with Crippen LogP contribution in [0.2, 0.25) is 0 Å². The highest BCUT2D eigenvalue weighted by molar-refractivity contribution is 9.10. The molecule has 94 valence electrons. The van der Waals surface area contributed by atoms with Crippen molar-refractivity contribution < 1.29 is 4.39 Å². The molecule has 2 rings (SSSR count). The van der Waals surface area contributed by atoms with Crippen molar-refractivity contribution in [3.05, 3.63) is 64.4 Å². The summed E-state index contributed by atoms with van der Waals surface area (Å²) in [5.74, 6) is 0.385. The summed E-state index contributed by atoms with van der Waals surface area (Å²) in [7, 11) is 0. The van der Waals surface area contributed by atoms with E-state index in [1.54, 1.807) is 30.0 Å². The highest BCUT2D eigenvalue weighted by Crippen LogP contribution is 2.27. The molecule has 0 saturated carbocycles. The third-order valence-electron chi connectivity index (χ3n) is 2.55. The Morgan fingerprint density at radius 2 is 1.83 bits per heavy atom. The van der Waals surface area contributed by atoms with Crippen molar-refractivity contribution in [1.29, 1.82) is 0 Å². The van der Waals surface area contributed by atoms with E-state index in [0.717, 1.165) is 4.90 Å². The predicted octanol–water partition coefficient (Wildman–Crippen LogP) is 4.38. The molecule has 2 N–H and O–H groups in total. The van der Waals surface area contributed by atoms with Gasteiger partial charge >= 0.3 is 0 Å². The maximum Gasteiger partial charge on any atom is 0.142 e. The van der Waals surface area contributed by atoms with Crippen molar-refractivity contribution in [2.75, 3.05) is 5.75 Å². The van der Waals surface area contributed by atoms with Gasteiger partial charge in [0.25, 0.3) is 0 Å². The number of hydrogen-bond donors (Lipinski definition) is 1. The SMILES string of the molecule is NC(CSc1ccccc1)c1cccc(Br)c1F. The quantitative estimate of drug-likeness (QED) is 0.844. The first-order valence-electron chi connectivity index (χ1n) is 5.56. The lowest BCUT2D eigenvalue weighted by molar-refractivity contribution is 0.589. The van der Waals surface area contributed by atoms with Gasteiger partial charge in [-0.3, -0.25) is 0 Å². The van der Waals surface area contributed by atoms with Crippen molar-refractivity contribution in [3.63, 3.8) is 0 Å². The maximum absolute atomic E-state index is 13.8. The second-order valence-corrected chi connectivity index (χ2v) is 5.82. The Labute approximate surface area is 119 Å². The van der Waals surface area contributed by atoms with Crippen LogP contribution < -0.4 is 5.73 Å². The van der Waals surface area contributed by atoms with Gasteiger partial charge in [-0.2, -0.15) is 0 Å². The zero-order valence-electron chi connectivity index (χ0n) is 9.64. The highest BCUT2D eigenvalue weighted by Gasteiger charge is 2.13. The van der Waals surface area contributed by atoms with E-state index in [-0.39, 0.29) is 11.9 Å². The predicted molar refractivity (Wildman–Crippen MR) is 78.2 cm³/mol. The number of thioether (sulfide) groups is 1. The van der Waals surface area contributed by atoms with E-state index < -0.39 is 0 Å². The van der Waals surface area contributed by atoms with Gasteiger partial charge in [-0.15, -0.1) is 11.8 Å².